The maximum atomic E-state index is 14.5. The van der Waals surface area contributed by atoms with E-state index in [1.807, 2.05) is 0 Å². The van der Waals surface area contributed by atoms with Crippen molar-refractivity contribution in [2.75, 3.05) is 12.0 Å². The van der Waals surface area contributed by atoms with Crippen LogP contribution < -0.4 is 21.5 Å². The van der Waals surface area contributed by atoms with Crippen molar-refractivity contribution in [3.8, 4) is 0 Å². The van der Waals surface area contributed by atoms with E-state index in [-0.39, 0.29) is 40.9 Å². The van der Waals surface area contributed by atoms with Gasteiger partial charge in [-0.1, -0.05) is 17.7 Å². The molecule has 0 saturated heterocycles. The lowest BCUT2D eigenvalue weighted by Gasteiger charge is -2.35. The van der Waals surface area contributed by atoms with Crippen LogP contribution in [0, 0.1) is 11.6 Å². The second kappa shape index (κ2) is 10.1. The van der Waals surface area contributed by atoms with Gasteiger partial charge in [-0.2, -0.15) is 13.2 Å². The molecule has 1 aliphatic rings. The molecule has 1 atom stereocenters. The molecule has 0 fully saturated rings. The molecule has 0 saturated carbocycles. The van der Waals surface area contributed by atoms with Crippen LogP contribution >= 0.6 is 11.6 Å². The summed E-state index contributed by atoms with van der Waals surface area (Å²) in [5.74, 6) is -1.53. The van der Waals surface area contributed by atoms with Gasteiger partial charge in [0.15, 0.2) is 0 Å². The van der Waals surface area contributed by atoms with Gasteiger partial charge < -0.3 is 16.1 Å². The predicted octanol–water partition coefficient (Wildman–Crippen LogP) is 4.95. The van der Waals surface area contributed by atoms with Crippen molar-refractivity contribution in [1.82, 2.24) is 21.2 Å². The maximum Gasteiger partial charge on any atom is 0.416 e. The van der Waals surface area contributed by atoms with E-state index < -0.39 is 34.9 Å². The van der Waals surface area contributed by atoms with Crippen molar-refractivity contribution in [1.29, 1.82) is 0 Å². The van der Waals surface area contributed by atoms with E-state index in [4.69, 9.17) is 11.6 Å². The molecule has 1 aromatic heterocycles. The highest BCUT2D eigenvalue weighted by atomic mass is 35.5. The van der Waals surface area contributed by atoms with E-state index in [1.165, 1.54) is 36.5 Å². The summed E-state index contributed by atoms with van der Waals surface area (Å²) in [5.41, 5.74) is 2.26. The zero-order chi connectivity index (χ0) is 25.9. The summed E-state index contributed by atoms with van der Waals surface area (Å²) < 4.78 is 69.0. The topological polar surface area (TPSA) is 90.4 Å². The van der Waals surface area contributed by atoms with Crippen molar-refractivity contribution in [2.45, 2.75) is 18.1 Å². The average Bonchev–Trinajstić information content (AvgIpc) is 3.31. The summed E-state index contributed by atoms with van der Waals surface area (Å²) in [6, 6.07) is 8.87. The number of amidine groups is 1. The molecule has 2 amide bonds. The predicted molar refractivity (Wildman–Crippen MR) is 123 cm³/mol. The third kappa shape index (κ3) is 5.71. The van der Waals surface area contributed by atoms with E-state index >= 15 is 0 Å². The van der Waals surface area contributed by atoms with Crippen LogP contribution in [-0.2, 0) is 11.7 Å². The summed E-state index contributed by atoms with van der Waals surface area (Å²) in [4.78, 5) is 21.5. The van der Waals surface area contributed by atoms with Gasteiger partial charge >= 0.3 is 12.2 Å². The Labute approximate surface area is 206 Å². The van der Waals surface area contributed by atoms with Crippen molar-refractivity contribution in [3.63, 3.8) is 0 Å². The summed E-state index contributed by atoms with van der Waals surface area (Å²) in [6.07, 6.45) is -3.87. The lowest BCUT2D eigenvalue weighted by atomic mass is 9.81. The number of aliphatic imine (C=N–C) groups is 1. The molecule has 0 bridgehead atoms. The minimum absolute atomic E-state index is 0.0522. The first-order valence-corrected chi connectivity index (χ1v) is 10.8. The molecule has 36 heavy (non-hydrogen) atoms. The second-order valence-corrected chi connectivity index (χ2v) is 8.26. The number of alkyl halides is 3. The Morgan fingerprint density at radius 3 is 2.44 bits per heavy atom. The lowest BCUT2D eigenvalue weighted by Crippen LogP contribution is -2.52. The van der Waals surface area contributed by atoms with Gasteiger partial charge in [-0.15, -0.1) is 0 Å². The van der Waals surface area contributed by atoms with Crippen LogP contribution in [0.2, 0.25) is 5.02 Å². The van der Waals surface area contributed by atoms with Crippen molar-refractivity contribution in [3.05, 3.63) is 94.3 Å². The number of carbonyl (C=O) groups is 1. The number of nitrogens with zero attached hydrogens (tertiary/aromatic N) is 2. The molecule has 13 heteroatoms. The number of halogens is 6. The van der Waals surface area contributed by atoms with E-state index in [0.29, 0.717) is 6.07 Å². The van der Waals surface area contributed by atoms with E-state index in [0.717, 1.165) is 18.2 Å². The highest BCUT2D eigenvalue weighted by Gasteiger charge is 2.42. The highest BCUT2D eigenvalue weighted by Crippen LogP contribution is 2.38. The van der Waals surface area contributed by atoms with Gasteiger partial charge in [0.05, 0.1) is 16.3 Å². The second-order valence-electron chi connectivity index (χ2n) is 7.82. The molecule has 188 valence electrons. The van der Waals surface area contributed by atoms with Crippen LogP contribution in [-0.4, -0.2) is 23.5 Å². The summed E-state index contributed by atoms with van der Waals surface area (Å²) in [6.45, 7) is 0.159. The van der Waals surface area contributed by atoms with Crippen LogP contribution in [0.4, 0.5) is 32.4 Å². The standard InChI is InChI=1S/C23H18ClF5N6O/c24-15-4-5-19(30-11-15)22(10-20-31-12-32-35-20,13-6-14(23(27,28)29)8-17(26)7-13)34-21(36)33-18-3-1-2-16(25)9-18/h1-9,11,32H,10,12H2,(H,31,35)(H2,33,34,36)/t22-/m0/s1. The van der Waals surface area contributed by atoms with Gasteiger partial charge in [0.2, 0.25) is 0 Å². The van der Waals surface area contributed by atoms with E-state index in [2.05, 4.69) is 31.5 Å². The molecule has 2 heterocycles. The zero-order valence-electron chi connectivity index (χ0n) is 18.3. The highest BCUT2D eigenvalue weighted by molar-refractivity contribution is 6.30. The molecule has 4 N–H and O–H groups in total. The monoisotopic (exact) mass is 524 g/mol. The number of rotatable bonds is 6. The maximum absolute atomic E-state index is 14.5. The molecule has 0 spiro atoms. The minimum atomic E-state index is -4.87. The molecule has 4 rings (SSSR count). The van der Waals surface area contributed by atoms with Crippen LogP contribution in [0.25, 0.3) is 0 Å². The quantitative estimate of drug-likeness (QED) is 0.343. The van der Waals surface area contributed by atoms with Crippen LogP contribution in [0.15, 0.2) is 65.8 Å². The van der Waals surface area contributed by atoms with Gasteiger partial charge in [-0.05, 0) is 54.1 Å². The first kappa shape index (κ1) is 25.3. The Morgan fingerprint density at radius 1 is 1.03 bits per heavy atom. The third-order valence-electron chi connectivity index (χ3n) is 5.31. The number of aromatic nitrogens is 1. The van der Waals surface area contributed by atoms with Crippen molar-refractivity contribution < 1.29 is 26.7 Å². The Bertz CT molecular complexity index is 1300. The molecule has 3 aromatic rings. The van der Waals surface area contributed by atoms with Gasteiger partial charge in [0, 0.05) is 18.3 Å². The Kier molecular flexibility index (Phi) is 7.09. The molecular weight excluding hydrogens is 507 g/mol. The smallest absolute Gasteiger partial charge is 0.322 e. The SMILES string of the molecule is O=C(Nc1cccc(F)c1)N[C@@](CC1=NCNN1)(c1cc(F)cc(C(F)(F)F)c1)c1ccc(Cl)cn1. The minimum Gasteiger partial charge on any atom is -0.322 e. The van der Waals surface area contributed by atoms with E-state index in [1.54, 1.807) is 0 Å². The van der Waals surface area contributed by atoms with E-state index in [9.17, 15) is 26.7 Å². The van der Waals surface area contributed by atoms with Gasteiger partial charge in [-0.3, -0.25) is 9.98 Å². The fourth-order valence-electron chi connectivity index (χ4n) is 3.74. The number of pyridine rings is 1. The fraction of sp³-hybridized carbons (Fsp3) is 0.174. The number of carbonyl (C=O) groups excluding carboxylic acids is 1. The van der Waals surface area contributed by atoms with Crippen LogP contribution in [0.5, 0.6) is 0 Å². The summed E-state index contributed by atoms with van der Waals surface area (Å²) in [5, 5.41) is 5.29. The lowest BCUT2D eigenvalue weighted by molar-refractivity contribution is -0.137. The Balaban J connectivity index is 1.87. The van der Waals surface area contributed by atoms with Crippen molar-refractivity contribution in [2.24, 2.45) is 4.99 Å². The normalized spacial score (nSPS) is 15.0. The molecule has 2 aromatic carbocycles. The third-order valence-corrected chi connectivity index (χ3v) is 5.53. The van der Waals surface area contributed by atoms with Crippen LogP contribution in [0.3, 0.4) is 0 Å². The number of hydrogen-bond acceptors (Lipinski definition) is 5. The number of hydrazine groups is 1. The molecular formula is C23H18ClF5N6O. The number of amides is 2. The van der Waals surface area contributed by atoms with Crippen molar-refractivity contribution >= 4 is 29.2 Å². The summed E-state index contributed by atoms with van der Waals surface area (Å²) >= 11 is 5.96. The molecule has 0 aliphatic carbocycles. The molecule has 0 unspecified atom stereocenters. The molecule has 0 radical (unpaired) electrons. The summed E-state index contributed by atoms with van der Waals surface area (Å²) in [7, 11) is 0. The first-order chi connectivity index (χ1) is 17.0. The molecule has 7 nitrogen and oxygen atoms in total. The van der Waals surface area contributed by atoms with Crippen LogP contribution in [0.1, 0.15) is 23.2 Å². The Morgan fingerprint density at radius 2 is 1.81 bits per heavy atom. The number of nitrogens with one attached hydrogen (secondary N) is 4. The largest absolute Gasteiger partial charge is 0.416 e. The number of benzene rings is 2. The van der Waals surface area contributed by atoms with Gasteiger partial charge in [0.1, 0.15) is 29.7 Å². The Hall–Kier alpha value is -3.77. The molecule has 1 aliphatic heterocycles. The fourth-order valence-corrected chi connectivity index (χ4v) is 3.85. The number of anilines is 1. The first-order valence-electron chi connectivity index (χ1n) is 10.4. The zero-order valence-corrected chi connectivity index (χ0v) is 19.0. The number of urea groups is 1. The average molecular weight is 525 g/mol. The number of hydrogen-bond donors (Lipinski definition) is 4. The van der Waals surface area contributed by atoms with Gasteiger partial charge in [-0.25, -0.2) is 19.0 Å². The van der Waals surface area contributed by atoms with Gasteiger partial charge in [0.25, 0.3) is 0 Å².